The van der Waals surface area contributed by atoms with E-state index in [-0.39, 0.29) is 101 Å². The van der Waals surface area contributed by atoms with E-state index in [1.165, 1.54) is 101 Å². The number of rotatable bonds is 46. The first-order valence-electron chi connectivity index (χ1n) is 30.8. The van der Waals surface area contributed by atoms with Gasteiger partial charge in [-0.05, 0) is 95.5 Å². The van der Waals surface area contributed by atoms with Crippen molar-refractivity contribution in [1.29, 1.82) is 0 Å². The van der Waals surface area contributed by atoms with Gasteiger partial charge in [-0.1, -0.05) is 125 Å². The van der Waals surface area contributed by atoms with Gasteiger partial charge in [0.15, 0.2) is 11.9 Å². The van der Waals surface area contributed by atoms with E-state index in [9.17, 15) is 48.3 Å². The first kappa shape index (κ1) is 76.1. The number of nitrogens with zero attached hydrogens (tertiary/aromatic N) is 3. The van der Waals surface area contributed by atoms with Gasteiger partial charge in [0, 0.05) is 26.1 Å². The third-order valence-corrected chi connectivity index (χ3v) is 15.3. The number of likely N-dealkylation sites (tertiary alicyclic amines) is 1. The normalized spacial score (nSPS) is 15.9. The van der Waals surface area contributed by atoms with Crippen LogP contribution in [0.2, 0.25) is 0 Å². The highest BCUT2D eigenvalue weighted by molar-refractivity contribution is 7.98. The van der Waals surface area contributed by atoms with E-state index in [4.69, 9.17) is 28.7 Å². The van der Waals surface area contributed by atoms with Crippen molar-refractivity contribution in [2.24, 2.45) is 50.5 Å². The van der Waals surface area contributed by atoms with Crippen molar-refractivity contribution in [3.63, 3.8) is 0 Å². The van der Waals surface area contributed by atoms with Crippen LogP contribution < -0.4 is 65.9 Å². The van der Waals surface area contributed by atoms with Gasteiger partial charge in [-0.2, -0.15) is 11.8 Å². The van der Waals surface area contributed by atoms with Crippen LogP contribution in [0.5, 0.6) is 0 Å². The zero-order valence-electron chi connectivity index (χ0n) is 51.9. The van der Waals surface area contributed by atoms with E-state index in [1.54, 1.807) is 13.8 Å². The lowest BCUT2D eigenvalue weighted by Crippen LogP contribution is -2.62. The molecule has 1 aliphatic heterocycles. The lowest BCUT2D eigenvalue weighted by Gasteiger charge is -2.32. The summed E-state index contributed by atoms with van der Waals surface area (Å²) < 4.78 is 0. The fourth-order valence-corrected chi connectivity index (χ4v) is 10.3. The average Bonchev–Trinajstić information content (AvgIpc) is 4.05. The molecule has 0 unspecified atom stereocenters. The summed E-state index contributed by atoms with van der Waals surface area (Å²) in [5, 5.41) is 29.8. The highest BCUT2D eigenvalue weighted by atomic mass is 32.2. The van der Waals surface area contributed by atoms with E-state index >= 15 is 0 Å². The molecule has 1 rings (SSSR count). The van der Waals surface area contributed by atoms with Crippen LogP contribution in [0.3, 0.4) is 0 Å². The minimum absolute atomic E-state index is 0.0415. The van der Waals surface area contributed by atoms with E-state index in [1.807, 2.05) is 20.1 Å². The van der Waals surface area contributed by atoms with Crippen molar-refractivity contribution in [3.8, 4) is 0 Å². The predicted molar refractivity (Wildman–Crippen MR) is 331 cm³/mol. The molecular weight excluding hydrogens is 1100 g/mol. The summed E-state index contributed by atoms with van der Waals surface area (Å²) in [5.74, 6) is -6.53. The summed E-state index contributed by atoms with van der Waals surface area (Å²) in [6.45, 7) is 12.4. The molecule has 0 bridgehead atoms. The minimum Gasteiger partial charge on any atom is -0.391 e. The van der Waals surface area contributed by atoms with Crippen molar-refractivity contribution >= 4 is 76.8 Å². The van der Waals surface area contributed by atoms with Gasteiger partial charge in [-0.3, -0.25) is 53.1 Å². The van der Waals surface area contributed by atoms with Crippen LogP contribution in [-0.2, 0) is 43.2 Å². The molecule has 0 saturated carbocycles. The molecule has 9 atom stereocenters. The Morgan fingerprint density at radius 2 is 1.01 bits per heavy atom. The van der Waals surface area contributed by atoms with Gasteiger partial charge in [0.05, 0.1) is 6.10 Å². The Morgan fingerprint density at radius 1 is 0.548 bits per heavy atom. The molecular formula is C58H109N15O10S. The Morgan fingerprint density at radius 3 is 1.50 bits per heavy atom. The zero-order valence-corrected chi connectivity index (χ0v) is 52.7. The van der Waals surface area contributed by atoms with Crippen LogP contribution in [0.25, 0.3) is 0 Å². The Bertz CT molecular complexity index is 2070. The molecule has 25 nitrogen and oxygen atoms in total. The smallest absolute Gasteiger partial charge is 0.245 e. The number of nitrogens with two attached hydrogens (primary N) is 5. The number of nitrogens with one attached hydrogen (secondary N) is 7. The van der Waals surface area contributed by atoms with Crippen LogP contribution in [-0.4, -0.2) is 161 Å². The van der Waals surface area contributed by atoms with Crippen molar-refractivity contribution < 1.29 is 48.3 Å². The first-order valence-corrected chi connectivity index (χ1v) is 32.2. The summed E-state index contributed by atoms with van der Waals surface area (Å²) in [5.41, 5.74) is 27.4. The standard InChI is InChI=1S/C58H109N15O10S/c1-9-10-11-12-13-14-15-16-17-18-19-20-21-22-23-30-46(75)71-47(38(4)5)54(81)68-42(31-35-84-8)51(78)72-48(40(7)74)55(82)69-43(28-25-33-65-58(62)63)56(83)73-34-26-29-45(73)53(80)70-44(36-37(2)3)52(79)67-41(27-24-32-64-57(60)61)50(77)66-39(6)49(59)76/h37-45,47-48,74H,9-36H2,1-8H3,(H2,59,76)(H,66,77)(H,67,79)(H,68,81)(H,69,82)(H,70,80)(H,71,75)(H,72,78)(H4,60,61,64)(H4,62,63,65)/t39-,40+,41-,42-,43-,44-,45-,47-,48-/m0/s1. The third kappa shape index (κ3) is 32.4. The molecule has 0 spiro atoms. The summed E-state index contributed by atoms with van der Waals surface area (Å²) in [6.07, 6.45) is 19.9. The van der Waals surface area contributed by atoms with Crippen LogP contribution in [0, 0.1) is 11.8 Å². The molecule has 482 valence electrons. The predicted octanol–water partition coefficient (Wildman–Crippen LogP) is 2.08. The number of aliphatic hydroxyl groups excluding tert-OH is 1. The lowest BCUT2D eigenvalue weighted by atomic mass is 10.0. The lowest BCUT2D eigenvalue weighted by molar-refractivity contribution is -0.143. The molecule has 1 aliphatic rings. The summed E-state index contributed by atoms with van der Waals surface area (Å²) in [6, 6.07) is -9.63. The van der Waals surface area contributed by atoms with Gasteiger partial charge in [0.25, 0.3) is 0 Å². The second kappa shape index (κ2) is 43.7. The minimum atomic E-state index is -1.63. The number of carbonyl (C=O) groups excluding carboxylic acids is 9. The maximum absolute atomic E-state index is 14.6. The molecule has 0 aliphatic carbocycles. The van der Waals surface area contributed by atoms with Gasteiger partial charge >= 0.3 is 0 Å². The summed E-state index contributed by atoms with van der Waals surface area (Å²) in [7, 11) is 0. The third-order valence-electron chi connectivity index (χ3n) is 14.7. The van der Waals surface area contributed by atoms with E-state index < -0.39 is 102 Å². The fourth-order valence-electron chi connectivity index (χ4n) is 9.79. The molecule has 26 heteroatoms. The van der Waals surface area contributed by atoms with E-state index in [2.05, 4.69) is 54.1 Å². The molecule has 1 saturated heterocycles. The van der Waals surface area contributed by atoms with Gasteiger partial charge in [-0.25, -0.2) is 0 Å². The second-order valence-corrected chi connectivity index (χ2v) is 24.1. The molecule has 0 aromatic rings. The molecule has 84 heavy (non-hydrogen) atoms. The largest absolute Gasteiger partial charge is 0.391 e. The van der Waals surface area contributed by atoms with Crippen molar-refractivity contribution in [2.75, 3.05) is 31.6 Å². The number of guanidine groups is 2. The number of carbonyl (C=O) groups is 9. The van der Waals surface area contributed by atoms with Crippen LogP contribution in [0.15, 0.2) is 9.98 Å². The Labute approximate surface area is 504 Å². The monoisotopic (exact) mass is 1210 g/mol. The fraction of sp³-hybridized carbons (Fsp3) is 0.810. The Balaban J connectivity index is 3.19. The number of primary amides is 1. The van der Waals surface area contributed by atoms with E-state index in [0.717, 1.165) is 19.3 Å². The highest BCUT2D eigenvalue weighted by Gasteiger charge is 2.41. The molecule has 9 amide bonds. The number of aliphatic hydroxyl groups is 1. The van der Waals surface area contributed by atoms with Crippen molar-refractivity contribution in [2.45, 2.75) is 257 Å². The van der Waals surface area contributed by atoms with Crippen LogP contribution >= 0.6 is 11.8 Å². The van der Waals surface area contributed by atoms with Gasteiger partial charge in [0.2, 0.25) is 53.2 Å². The number of aliphatic imine (C=N–C) groups is 2. The average molecular weight is 1210 g/mol. The molecule has 0 radical (unpaired) electrons. The number of thioether (sulfide) groups is 1. The molecule has 0 aromatic carbocycles. The Hall–Kier alpha value is -5.92. The SMILES string of the molecule is CCCCCCCCCCCCCCCCCC(=O)N[C@H](C(=O)N[C@@H](CCSC)C(=O)N[C@H](C(=O)N[C@@H](CCCN=C(N)N)C(=O)N1CCC[C@H]1C(=O)N[C@@H](CC(C)C)C(=O)N[C@@H](CCCN=C(N)N)C(=O)N[C@@H](C)C(N)=O)[C@@H](C)O)C(C)C. The number of amides is 9. The maximum Gasteiger partial charge on any atom is 0.245 e. The first-order chi connectivity index (χ1) is 39.8. The molecule has 18 N–H and O–H groups in total. The molecule has 0 aromatic heterocycles. The van der Waals surface area contributed by atoms with Gasteiger partial charge in [-0.15, -0.1) is 0 Å². The molecule has 1 fully saturated rings. The van der Waals surface area contributed by atoms with Crippen LogP contribution in [0.1, 0.15) is 203 Å². The number of hydrogen-bond donors (Lipinski definition) is 13. The van der Waals surface area contributed by atoms with Gasteiger partial charge in [0.1, 0.15) is 48.3 Å². The van der Waals surface area contributed by atoms with Crippen molar-refractivity contribution in [1.82, 2.24) is 42.1 Å². The van der Waals surface area contributed by atoms with Gasteiger partial charge < -0.3 is 75.9 Å². The highest BCUT2D eigenvalue weighted by Crippen LogP contribution is 2.22. The van der Waals surface area contributed by atoms with Crippen LogP contribution in [0.4, 0.5) is 0 Å². The number of unbranched alkanes of at least 4 members (excludes halogenated alkanes) is 14. The Kier molecular flexibility index (Phi) is 39.6. The summed E-state index contributed by atoms with van der Waals surface area (Å²) >= 11 is 1.43. The maximum atomic E-state index is 14.6. The molecule has 1 heterocycles. The number of hydrogen-bond acceptors (Lipinski definition) is 13. The second-order valence-electron chi connectivity index (χ2n) is 23.1. The summed E-state index contributed by atoms with van der Waals surface area (Å²) in [4.78, 5) is 133. The quantitative estimate of drug-likeness (QED) is 0.0236. The zero-order chi connectivity index (χ0) is 63.1. The van der Waals surface area contributed by atoms with Crippen molar-refractivity contribution in [3.05, 3.63) is 0 Å². The topological polar surface area (TPSA) is 416 Å². The van der Waals surface area contributed by atoms with E-state index in [0.29, 0.717) is 18.6 Å².